The molecule has 1 unspecified atom stereocenters. The van der Waals surface area contributed by atoms with Crippen LogP contribution in [0.2, 0.25) is 0 Å². The Morgan fingerprint density at radius 3 is 2.75 bits per heavy atom. The lowest BCUT2D eigenvalue weighted by atomic mass is 10.0. The van der Waals surface area contributed by atoms with Gasteiger partial charge in [-0.05, 0) is 19.4 Å². The van der Waals surface area contributed by atoms with Gasteiger partial charge in [-0.25, -0.2) is 9.97 Å². The normalized spacial score (nSPS) is 23.8. The Kier molecular flexibility index (Phi) is 2.32. The quantitative estimate of drug-likeness (QED) is 0.678. The van der Waals surface area contributed by atoms with Gasteiger partial charge in [0.25, 0.3) is 0 Å². The second kappa shape index (κ2) is 3.63. The molecule has 1 N–H and O–H groups in total. The first-order chi connectivity index (χ1) is 5.97. The maximum absolute atomic E-state index is 4.01. The molecule has 0 aromatic carbocycles. The highest BCUT2D eigenvalue weighted by Crippen LogP contribution is 2.20. The Balaban J connectivity index is 2.08. The first-order valence-corrected chi connectivity index (χ1v) is 4.45. The van der Waals surface area contributed by atoms with Gasteiger partial charge < -0.3 is 5.32 Å². The average Bonchev–Trinajstić information content (AvgIpc) is 2.21. The fraction of sp³-hybridized carbons (Fsp3) is 0.556. The second-order valence-corrected chi connectivity index (χ2v) is 3.17. The van der Waals surface area contributed by atoms with Crippen molar-refractivity contribution in [3.8, 4) is 0 Å². The van der Waals surface area contributed by atoms with E-state index in [0.29, 0.717) is 6.04 Å². The smallest absolute Gasteiger partial charge is 0.115 e. The monoisotopic (exact) mass is 163 g/mol. The van der Waals surface area contributed by atoms with E-state index in [0.717, 1.165) is 6.54 Å². The molecule has 64 valence electrons. The average molecular weight is 163 g/mol. The SMILES string of the molecule is c1ncc(C2CCCCN2)cn1. The van der Waals surface area contributed by atoms with Crippen LogP contribution in [-0.4, -0.2) is 16.5 Å². The highest BCUT2D eigenvalue weighted by molar-refractivity contribution is 5.09. The van der Waals surface area contributed by atoms with E-state index in [2.05, 4.69) is 15.3 Å². The molecule has 3 nitrogen and oxygen atoms in total. The van der Waals surface area contributed by atoms with Gasteiger partial charge in [-0.1, -0.05) is 6.42 Å². The summed E-state index contributed by atoms with van der Waals surface area (Å²) in [5.41, 5.74) is 1.22. The van der Waals surface area contributed by atoms with E-state index in [-0.39, 0.29) is 0 Å². The predicted octanol–water partition coefficient (Wildman–Crippen LogP) is 1.29. The van der Waals surface area contributed by atoms with Crippen molar-refractivity contribution in [3.05, 3.63) is 24.3 Å². The Labute approximate surface area is 72.2 Å². The van der Waals surface area contributed by atoms with Crippen molar-refractivity contribution in [2.45, 2.75) is 25.3 Å². The fourth-order valence-electron chi connectivity index (χ4n) is 1.63. The van der Waals surface area contributed by atoms with Gasteiger partial charge in [0.2, 0.25) is 0 Å². The van der Waals surface area contributed by atoms with E-state index >= 15 is 0 Å². The maximum atomic E-state index is 4.01. The van der Waals surface area contributed by atoms with Crippen LogP contribution in [0.15, 0.2) is 18.7 Å². The highest BCUT2D eigenvalue weighted by Gasteiger charge is 2.14. The summed E-state index contributed by atoms with van der Waals surface area (Å²) in [6.07, 6.45) is 9.20. The van der Waals surface area contributed by atoms with Crippen LogP contribution >= 0.6 is 0 Å². The van der Waals surface area contributed by atoms with E-state index in [1.54, 1.807) is 6.33 Å². The molecule has 0 saturated carbocycles. The molecule has 1 saturated heterocycles. The first-order valence-electron chi connectivity index (χ1n) is 4.45. The van der Waals surface area contributed by atoms with Gasteiger partial charge in [-0.2, -0.15) is 0 Å². The number of piperidine rings is 1. The van der Waals surface area contributed by atoms with Crippen LogP contribution < -0.4 is 5.32 Å². The molecule has 1 aromatic heterocycles. The molecule has 0 bridgehead atoms. The van der Waals surface area contributed by atoms with Gasteiger partial charge in [0.15, 0.2) is 0 Å². The van der Waals surface area contributed by atoms with E-state index in [1.165, 1.54) is 24.8 Å². The second-order valence-electron chi connectivity index (χ2n) is 3.17. The Hall–Kier alpha value is -0.960. The minimum Gasteiger partial charge on any atom is -0.310 e. The van der Waals surface area contributed by atoms with Crippen molar-refractivity contribution in [3.63, 3.8) is 0 Å². The zero-order valence-electron chi connectivity index (χ0n) is 7.03. The summed E-state index contributed by atoms with van der Waals surface area (Å²) in [5, 5.41) is 3.46. The lowest BCUT2D eigenvalue weighted by Crippen LogP contribution is -2.26. The molecule has 1 aliphatic rings. The standard InChI is InChI=1S/C9H13N3/c1-2-4-12-9(3-1)8-5-10-7-11-6-8/h5-7,9,12H,1-4H2. The lowest BCUT2D eigenvalue weighted by Gasteiger charge is -2.22. The maximum Gasteiger partial charge on any atom is 0.115 e. The molecule has 1 atom stereocenters. The minimum absolute atomic E-state index is 0.486. The summed E-state index contributed by atoms with van der Waals surface area (Å²) >= 11 is 0. The number of aromatic nitrogens is 2. The number of hydrogen-bond acceptors (Lipinski definition) is 3. The lowest BCUT2D eigenvalue weighted by molar-refractivity contribution is 0.410. The molecular weight excluding hydrogens is 150 g/mol. The zero-order valence-corrected chi connectivity index (χ0v) is 7.03. The van der Waals surface area contributed by atoms with E-state index in [9.17, 15) is 0 Å². The zero-order chi connectivity index (χ0) is 8.23. The molecular formula is C9H13N3. The van der Waals surface area contributed by atoms with Crippen LogP contribution in [0.5, 0.6) is 0 Å². The Morgan fingerprint density at radius 2 is 2.08 bits per heavy atom. The topological polar surface area (TPSA) is 37.8 Å². The molecule has 1 fully saturated rings. The predicted molar refractivity (Wildman–Crippen MR) is 46.6 cm³/mol. The third kappa shape index (κ3) is 1.61. The first kappa shape index (κ1) is 7.68. The van der Waals surface area contributed by atoms with E-state index in [4.69, 9.17) is 0 Å². The minimum atomic E-state index is 0.486. The van der Waals surface area contributed by atoms with E-state index < -0.39 is 0 Å². The van der Waals surface area contributed by atoms with Gasteiger partial charge in [-0.15, -0.1) is 0 Å². The fourth-order valence-corrected chi connectivity index (χ4v) is 1.63. The Morgan fingerprint density at radius 1 is 1.25 bits per heavy atom. The van der Waals surface area contributed by atoms with Crippen LogP contribution in [0.25, 0.3) is 0 Å². The van der Waals surface area contributed by atoms with Crippen LogP contribution in [-0.2, 0) is 0 Å². The van der Waals surface area contributed by atoms with Crippen LogP contribution in [0, 0.1) is 0 Å². The van der Waals surface area contributed by atoms with Crippen LogP contribution in [0.4, 0.5) is 0 Å². The third-order valence-electron chi connectivity index (χ3n) is 2.29. The molecule has 12 heavy (non-hydrogen) atoms. The Bertz CT molecular complexity index is 229. The van der Waals surface area contributed by atoms with Gasteiger partial charge in [-0.3, -0.25) is 0 Å². The molecule has 3 heteroatoms. The summed E-state index contributed by atoms with van der Waals surface area (Å²) in [6.45, 7) is 1.12. The van der Waals surface area contributed by atoms with Gasteiger partial charge in [0.1, 0.15) is 6.33 Å². The van der Waals surface area contributed by atoms with Crippen LogP contribution in [0.1, 0.15) is 30.9 Å². The molecule has 1 aliphatic heterocycles. The molecule has 0 radical (unpaired) electrons. The summed E-state index contributed by atoms with van der Waals surface area (Å²) in [5.74, 6) is 0. The number of nitrogens with one attached hydrogen (secondary N) is 1. The van der Waals surface area contributed by atoms with Crippen molar-refractivity contribution < 1.29 is 0 Å². The molecule has 0 aliphatic carbocycles. The number of hydrogen-bond donors (Lipinski definition) is 1. The molecule has 2 rings (SSSR count). The summed E-state index contributed by atoms with van der Waals surface area (Å²) < 4.78 is 0. The summed E-state index contributed by atoms with van der Waals surface area (Å²) in [7, 11) is 0. The van der Waals surface area contributed by atoms with Crippen LogP contribution in [0.3, 0.4) is 0 Å². The van der Waals surface area contributed by atoms with Crippen molar-refractivity contribution >= 4 is 0 Å². The van der Waals surface area contributed by atoms with Gasteiger partial charge in [0, 0.05) is 24.0 Å². The largest absolute Gasteiger partial charge is 0.310 e. The molecule has 0 spiro atoms. The van der Waals surface area contributed by atoms with Crippen molar-refractivity contribution in [1.29, 1.82) is 0 Å². The molecule has 1 aromatic rings. The summed E-state index contributed by atoms with van der Waals surface area (Å²) in [6, 6.07) is 0.486. The van der Waals surface area contributed by atoms with Crippen molar-refractivity contribution in [1.82, 2.24) is 15.3 Å². The van der Waals surface area contributed by atoms with Gasteiger partial charge in [0.05, 0.1) is 0 Å². The van der Waals surface area contributed by atoms with Gasteiger partial charge >= 0.3 is 0 Å². The summed E-state index contributed by atoms with van der Waals surface area (Å²) in [4.78, 5) is 8.02. The van der Waals surface area contributed by atoms with Crippen molar-refractivity contribution in [2.24, 2.45) is 0 Å². The highest BCUT2D eigenvalue weighted by atomic mass is 14.9. The van der Waals surface area contributed by atoms with Crippen molar-refractivity contribution in [2.75, 3.05) is 6.54 Å². The molecule has 2 heterocycles. The number of rotatable bonds is 1. The third-order valence-corrected chi connectivity index (χ3v) is 2.29. The van der Waals surface area contributed by atoms with E-state index in [1.807, 2.05) is 12.4 Å². The number of nitrogens with zero attached hydrogens (tertiary/aromatic N) is 2. The molecule has 0 amide bonds.